The van der Waals surface area contributed by atoms with Crippen molar-refractivity contribution in [3.05, 3.63) is 69.7 Å². The van der Waals surface area contributed by atoms with Gasteiger partial charge in [0.2, 0.25) is 0 Å². The maximum absolute atomic E-state index is 12.6. The van der Waals surface area contributed by atoms with Crippen LogP contribution < -0.4 is 5.32 Å². The van der Waals surface area contributed by atoms with E-state index in [2.05, 4.69) is 5.32 Å². The van der Waals surface area contributed by atoms with Crippen LogP contribution in [-0.4, -0.2) is 18.5 Å². The maximum Gasteiger partial charge on any atom is 0.416 e. The summed E-state index contributed by atoms with van der Waals surface area (Å²) < 4.78 is 42.6. The van der Waals surface area contributed by atoms with Gasteiger partial charge >= 0.3 is 12.1 Å². The van der Waals surface area contributed by atoms with Crippen molar-refractivity contribution < 1.29 is 27.5 Å². The van der Waals surface area contributed by atoms with Crippen LogP contribution in [0.15, 0.2) is 48.5 Å². The number of benzene rings is 2. The van der Waals surface area contributed by atoms with Crippen LogP contribution in [0.3, 0.4) is 0 Å². The molecule has 0 heterocycles. The second-order valence-electron chi connectivity index (χ2n) is 5.27. The molecular formula is C18H12Cl2F3NO3. The molecule has 27 heavy (non-hydrogen) atoms. The topological polar surface area (TPSA) is 55.4 Å². The summed E-state index contributed by atoms with van der Waals surface area (Å²) in [7, 11) is 0. The lowest BCUT2D eigenvalue weighted by atomic mass is 10.1. The summed E-state index contributed by atoms with van der Waals surface area (Å²) in [5.41, 5.74) is -0.342. The van der Waals surface area contributed by atoms with Crippen molar-refractivity contribution in [1.29, 1.82) is 0 Å². The van der Waals surface area contributed by atoms with Gasteiger partial charge in [0.1, 0.15) is 0 Å². The van der Waals surface area contributed by atoms with E-state index in [1.54, 1.807) is 0 Å². The van der Waals surface area contributed by atoms with Crippen molar-refractivity contribution in [2.75, 3.05) is 11.9 Å². The third-order valence-electron chi connectivity index (χ3n) is 3.12. The zero-order valence-electron chi connectivity index (χ0n) is 13.5. The number of carbonyl (C=O) groups excluding carboxylic acids is 2. The molecule has 0 aliphatic heterocycles. The van der Waals surface area contributed by atoms with Gasteiger partial charge in [0.25, 0.3) is 5.91 Å². The van der Waals surface area contributed by atoms with E-state index in [4.69, 9.17) is 27.9 Å². The van der Waals surface area contributed by atoms with Crippen LogP contribution in [0, 0.1) is 0 Å². The molecule has 2 aromatic rings. The van der Waals surface area contributed by atoms with Gasteiger partial charge in [-0.1, -0.05) is 35.3 Å². The van der Waals surface area contributed by atoms with Crippen molar-refractivity contribution in [3.63, 3.8) is 0 Å². The molecule has 0 aromatic heterocycles. The Morgan fingerprint density at radius 3 is 2.37 bits per heavy atom. The molecule has 0 aliphatic carbocycles. The first-order chi connectivity index (χ1) is 12.6. The molecule has 2 aromatic carbocycles. The summed E-state index contributed by atoms with van der Waals surface area (Å²) in [6.45, 7) is -0.587. The zero-order chi connectivity index (χ0) is 20.0. The van der Waals surface area contributed by atoms with E-state index in [0.29, 0.717) is 15.7 Å². The van der Waals surface area contributed by atoms with Crippen molar-refractivity contribution in [1.82, 2.24) is 0 Å². The van der Waals surface area contributed by atoms with E-state index < -0.39 is 30.2 Å². The molecule has 142 valence electrons. The summed E-state index contributed by atoms with van der Waals surface area (Å²) in [4.78, 5) is 23.4. The monoisotopic (exact) mass is 417 g/mol. The number of halogens is 5. The minimum absolute atomic E-state index is 0.166. The number of anilines is 1. The largest absolute Gasteiger partial charge is 0.452 e. The quantitative estimate of drug-likeness (QED) is 0.536. The predicted molar refractivity (Wildman–Crippen MR) is 96.5 cm³/mol. The van der Waals surface area contributed by atoms with Crippen LogP contribution in [0.25, 0.3) is 6.08 Å². The molecular weight excluding hydrogens is 406 g/mol. The molecule has 0 spiro atoms. The number of alkyl halides is 3. The lowest BCUT2D eigenvalue weighted by molar-refractivity contribution is -0.142. The molecule has 0 unspecified atom stereocenters. The molecule has 0 saturated heterocycles. The highest BCUT2D eigenvalue weighted by Crippen LogP contribution is 2.29. The molecule has 1 amide bonds. The summed E-state index contributed by atoms with van der Waals surface area (Å²) in [6, 6.07) is 8.83. The van der Waals surface area contributed by atoms with Gasteiger partial charge in [-0.3, -0.25) is 4.79 Å². The summed E-state index contributed by atoms with van der Waals surface area (Å²) in [6.07, 6.45) is -2.39. The minimum atomic E-state index is -4.48. The molecule has 0 saturated carbocycles. The van der Waals surface area contributed by atoms with Crippen LogP contribution in [-0.2, 0) is 20.5 Å². The fourth-order valence-electron chi connectivity index (χ4n) is 1.99. The van der Waals surface area contributed by atoms with Crippen molar-refractivity contribution in [3.8, 4) is 0 Å². The normalized spacial score (nSPS) is 11.4. The molecule has 9 heteroatoms. The third-order valence-corrected chi connectivity index (χ3v) is 3.55. The third kappa shape index (κ3) is 6.96. The van der Waals surface area contributed by atoms with Crippen LogP contribution in [0.1, 0.15) is 11.1 Å². The molecule has 0 atom stereocenters. The van der Waals surface area contributed by atoms with Crippen LogP contribution in [0.5, 0.6) is 0 Å². The van der Waals surface area contributed by atoms with Gasteiger partial charge in [0.15, 0.2) is 6.61 Å². The van der Waals surface area contributed by atoms with E-state index in [1.807, 2.05) is 0 Å². The Kier molecular flexibility index (Phi) is 6.87. The minimum Gasteiger partial charge on any atom is -0.452 e. The number of amides is 1. The van der Waals surface area contributed by atoms with Gasteiger partial charge < -0.3 is 10.1 Å². The van der Waals surface area contributed by atoms with Crippen molar-refractivity contribution >= 4 is 46.8 Å². The van der Waals surface area contributed by atoms with Crippen molar-refractivity contribution in [2.45, 2.75) is 6.18 Å². The predicted octanol–water partition coefficient (Wildman–Crippen LogP) is 5.21. The zero-order valence-corrected chi connectivity index (χ0v) is 15.0. The number of hydrogen-bond donors (Lipinski definition) is 1. The number of ether oxygens (including phenoxy) is 1. The van der Waals surface area contributed by atoms with Gasteiger partial charge in [-0.05, 0) is 42.0 Å². The number of carbonyl (C=O) groups is 2. The molecule has 0 radical (unpaired) electrons. The van der Waals surface area contributed by atoms with Gasteiger partial charge in [-0.25, -0.2) is 4.79 Å². The number of nitrogens with one attached hydrogen (secondary N) is 1. The highest BCUT2D eigenvalue weighted by atomic mass is 35.5. The van der Waals surface area contributed by atoms with E-state index in [9.17, 15) is 22.8 Å². The Hall–Kier alpha value is -2.51. The van der Waals surface area contributed by atoms with Gasteiger partial charge in [0.05, 0.1) is 5.56 Å². The Labute approximate surface area is 162 Å². The fourth-order valence-corrected chi connectivity index (χ4v) is 2.52. The van der Waals surface area contributed by atoms with Gasteiger partial charge in [0, 0.05) is 21.8 Å². The first kappa shape index (κ1) is 20.8. The Bertz CT molecular complexity index is 862. The maximum atomic E-state index is 12.6. The number of hydrogen-bond acceptors (Lipinski definition) is 3. The molecule has 0 bridgehead atoms. The van der Waals surface area contributed by atoms with Crippen LogP contribution >= 0.6 is 23.2 Å². The Morgan fingerprint density at radius 1 is 1.07 bits per heavy atom. The first-order valence-electron chi connectivity index (χ1n) is 7.41. The lowest BCUT2D eigenvalue weighted by Crippen LogP contribution is -2.20. The average molecular weight is 418 g/mol. The second-order valence-corrected chi connectivity index (χ2v) is 6.14. The summed E-state index contributed by atoms with van der Waals surface area (Å²) in [5.74, 6) is -1.51. The smallest absolute Gasteiger partial charge is 0.416 e. The average Bonchev–Trinajstić information content (AvgIpc) is 2.56. The summed E-state index contributed by atoms with van der Waals surface area (Å²) >= 11 is 11.6. The standard InChI is InChI=1S/C18H12Cl2F3NO3/c19-13-7-14(20)9-15(8-13)24-16(25)10-27-17(26)5-4-11-2-1-3-12(6-11)18(21,22)23/h1-9H,10H2,(H,24,25). The fraction of sp³-hybridized carbons (Fsp3) is 0.111. The highest BCUT2D eigenvalue weighted by Gasteiger charge is 2.30. The van der Waals surface area contributed by atoms with E-state index in [-0.39, 0.29) is 5.56 Å². The number of rotatable bonds is 5. The van der Waals surface area contributed by atoms with Gasteiger partial charge in [-0.15, -0.1) is 0 Å². The van der Waals surface area contributed by atoms with Crippen LogP contribution in [0.2, 0.25) is 10.0 Å². The Morgan fingerprint density at radius 2 is 1.74 bits per heavy atom. The van der Waals surface area contributed by atoms with E-state index in [1.165, 1.54) is 30.3 Å². The molecule has 0 fully saturated rings. The molecule has 4 nitrogen and oxygen atoms in total. The second kappa shape index (κ2) is 8.92. The molecule has 2 rings (SSSR count). The molecule has 1 N–H and O–H groups in total. The van der Waals surface area contributed by atoms with Crippen LogP contribution in [0.4, 0.5) is 18.9 Å². The van der Waals surface area contributed by atoms with Gasteiger partial charge in [-0.2, -0.15) is 13.2 Å². The number of esters is 1. The lowest BCUT2D eigenvalue weighted by Gasteiger charge is -2.07. The van der Waals surface area contributed by atoms with Crippen molar-refractivity contribution in [2.24, 2.45) is 0 Å². The molecule has 0 aliphatic rings. The van der Waals surface area contributed by atoms with E-state index in [0.717, 1.165) is 24.3 Å². The Balaban J connectivity index is 1.88. The first-order valence-corrected chi connectivity index (χ1v) is 8.17. The highest BCUT2D eigenvalue weighted by molar-refractivity contribution is 6.35. The SMILES string of the molecule is O=C(COC(=O)C=Cc1cccc(C(F)(F)F)c1)Nc1cc(Cl)cc(Cl)c1. The summed E-state index contributed by atoms with van der Waals surface area (Å²) in [5, 5.41) is 3.08. The van der Waals surface area contributed by atoms with E-state index >= 15 is 0 Å².